The Morgan fingerprint density at radius 1 is 1.14 bits per heavy atom. The van der Waals surface area contributed by atoms with Gasteiger partial charge in [0.15, 0.2) is 0 Å². The highest BCUT2D eigenvalue weighted by molar-refractivity contribution is 6.06. The third-order valence-electron chi connectivity index (χ3n) is 7.35. The van der Waals surface area contributed by atoms with E-state index in [2.05, 4.69) is 10.6 Å². The summed E-state index contributed by atoms with van der Waals surface area (Å²) in [4.78, 5) is 53.9. The van der Waals surface area contributed by atoms with Crippen LogP contribution in [-0.4, -0.2) is 53.4 Å². The fourth-order valence-electron chi connectivity index (χ4n) is 5.56. The lowest BCUT2D eigenvalue weighted by Crippen LogP contribution is -2.46. The lowest BCUT2D eigenvalue weighted by Gasteiger charge is -2.30. The molecular formula is C26H27FN4O5. The maximum atomic E-state index is 13.5. The molecule has 2 aromatic rings. The molecule has 0 saturated carbocycles. The van der Waals surface area contributed by atoms with Crippen molar-refractivity contribution < 1.29 is 28.3 Å². The molecule has 2 saturated heterocycles. The number of anilines is 1. The second-order valence-electron chi connectivity index (χ2n) is 9.46. The summed E-state index contributed by atoms with van der Waals surface area (Å²) in [5.41, 5.74) is 1.26. The van der Waals surface area contributed by atoms with Crippen molar-refractivity contribution in [2.24, 2.45) is 0 Å². The van der Waals surface area contributed by atoms with Crippen molar-refractivity contribution >= 4 is 29.6 Å². The SMILES string of the molecule is CNC(=O)Nc1ccc2c(c1)CC[C@@]21OC(=O)N(CC(=O)N2[C@H](C)CC[C@H]2c2ccc(F)cc2)C1=O. The Bertz CT molecular complexity index is 1250. The van der Waals surface area contributed by atoms with Crippen molar-refractivity contribution in [2.75, 3.05) is 18.9 Å². The fourth-order valence-corrected chi connectivity index (χ4v) is 5.56. The Balaban J connectivity index is 1.35. The topological polar surface area (TPSA) is 108 Å². The van der Waals surface area contributed by atoms with Gasteiger partial charge >= 0.3 is 12.1 Å². The summed E-state index contributed by atoms with van der Waals surface area (Å²) in [6, 6.07) is 10.4. The molecule has 36 heavy (non-hydrogen) atoms. The lowest BCUT2D eigenvalue weighted by atomic mass is 9.94. The van der Waals surface area contributed by atoms with E-state index in [0.29, 0.717) is 24.1 Å². The number of halogens is 1. The number of likely N-dealkylation sites (tertiary alicyclic amines) is 1. The van der Waals surface area contributed by atoms with Crippen LogP contribution in [0.4, 0.5) is 19.7 Å². The van der Waals surface area contributed by atoms with Crippen LogP contribution in [0, 0.1) is 5.82 Å². The number of amides is 5. The molecule has 5 rings (SSSR count). The van der Waals surface area contributed by atoms with Gasteiger partial charge < -0.3 is 20.3 Å². The molecule has 2 N–H and O–H groups in total. The van der Waals surface area contributed by atoms with Gasteiger partial charge in [-0.25, -0.2) is 18.9 Å². The van der Waals surface area contributed by atoms with E-state index >= 15 is 0 Å². The summed E-state index contributed by atoms with van der Waals surface area (Å²) in [5, 5.41) is 5.16. The number of carbonyl (C=O) groups is 4. The zero-order valence-electron chi connectivity index (χ0n) is 20.0. The van der Waals surface area contributed by atoms with E-state index in [9.17, 15) is 23.6 Å². The molecule has 188 valence electrons. The van der Waals surface area contributed by atoms with Crippen molar-refractivity contribution in [3.8, 4) is 0 Å². The molecule has 0 aromatic heterocycles. The first-order valence-corrected chi connectivity index (χ1v) is 12.0. The van der Waals surface area contributed by atoms with Gasteiger partial charge in [0.1, 0.15) is 12.4 Å². The molecule has 2 fully saturated rings. The van der Waals surface area contributed by atoms with E-state index in [4.69, 9.17) is 4.74 Å². The van der Waals surface area contributed by atoms with E-state index in [1.54, 1.807) is 35.2 Å². The summed E-state index contributed by atoms with van der Waals surface area (Å²) in [6.07, 6.45) is 1.37. The number of aryl methyl sites for hydroxylation is 1. The van der Waals surface area contributed by atoms with Gasteiger partial charge in [-0.05, 0) is 61.6 Å². The first kappa shape index (κ1) is 23.8. The highest BCUT2D eigenvalue weighted by atomic mass is 19.1. The second-order valence-corrected chi connectivity index (χ2v) is 9.46. The van der Waals surface area contributed by atoms with Crippen LogP contribution < -0.4 is 10.6 Å². The first-order valence-electron chi connectivity index (χ1n) is 12.0. The van der Waals surface area contributed by atoms with Crippen molar-refractivity contribution in [2.45, 2.75) is 50.3 Å². The molecule has 3 atom stereocenters. The largest absolute Gasteiger partial charge is 0.427 e. The number of hydrogen-bond acceptors (Lipinski definition) is 5. The number of nitrogens with one attached hydrogen (secondary N) is 2. The highest BCUT2D eigenvalue weighted by Crippen LogP contribution is 2.46. The molecule has 2 heterocycles. The second kappa shape index (κ2) is 8.92. The van der Waals surface area contributed by atoms with Gasteiger partial charge in [-0.1, -0.05) is 18.2 Å². The van der Waals surface area contributed by atoms with Gasteiger partial charge in [0.25, 0.3) is 5.91 Å². The van der Waals surface area contributed by atoms with Crippen LogP contribution >= 0.6 is 0 Å². The average Bonchev–Trinajstić information content (AvgIpc) is 3.49. The van der Waals surface area contributed by atoms with Gasteiger partial charge in [-0.3, -0.25) is 9.59 Å². The Morgan fingerprint density at radius 3 is 2.61 bits per heavy atom. The third-order valence-corrected chi connectivity index (χ3v) is 7.35. The van der Waals surface area contributed by atoms with E-state index in [-0.39, 0.29) is 36.3 Å². The molecule has 0 radical (unpaired) electrons. The number of nitrogens with zero attached hydrogens (tertiary/aromatic N) is 2. The van der Waals surface area contributed by atoms with Crippen molar-refractivity contribution in [1.82, 2.24) is 15.1 Å². The van der Waals surface area contributed by atoms with Crippen LogP contribution in [0.1, 0.15) is 48.9 Å². The number of fused-ring (bicyclic) bond motifs is 2. The number of ether oxygens (including phenoxy) is 1. The molecule has 1 aliphatic carbocycles. The Kier molecular flexibility index (Phi) is 5.89. The zero-order valence-corrected chi connectivity index (χ0v) is 20.0. The number of imide groups is 1. The van der Waals surface area contributed by atoms with Gasteiger partial charge in [0, 0.05) is 30.8 Å². The molecule has 9 nitrogen and oxygen atoms in total. The van der Waals surface area contributed by atoms with Gasteiger partial charge in [-0.2, -0.15) is 0 Å². The molecular weight excluding hydrogens is 467 g/mol. The van der Waals surface area contributed by atoms with Crippen LogP contribution in [0.25, 0.3) is 0 Å². The first-order chi connectivity index (χ1) is 17.2. The average molecular weight is 495 g/mol. The minimum atomic E-state index is -1.47. The number of rotatable bonds is 4. The van der Waals surface area contributed by atoms with Crippen molar-refractivity contribution in [1.29, 1.82) is 0 Å². The molecule has 2 aromatic carbocycles. The van der Waals surface area contributed by atoms with Crippen LogP contribution in [0.2, 0.25) is 0 Å². The smallest absolute Gasteiger partial charge is 0.418 e. The maximum Gasteiger partial charge on any atom is 0.418 e. The third kappa shape index (κ3) is 3.86. The van der Waals surface area contributed by atoms with E-state index < -0.39 is 24.1 Å². The van der Waals surface area contributed by atoms with Gasteiger partial charge in [0.2, 0.25) is 11.5 Å². The Labute approximate surface area is 207 Å². The maximum absolute atomic E-state index is 13.5. The van der Waals surface area contributed by atoms with E-state index in [1.165, 1.54) is 19.2 Å². The van der Waals surface area contributed by atoms with Crippen LogP contribution in [0.5, 0.6) is 0 Å². The summed E-state index contributed by atoms with van der Waals surface area (Å²) in [5.74, 6) is -1.27. The van der Waals surface area contributed by atoms with E-state index in [1.807, 2.05) is 6.92 Å². The number of carbonyl (C=O) groups excluding carboxylic acids is 4. The summed E-state index contributed by atoms with van der Waals surface area (Å²) in [6.45, 7) is 1.50. The molecule has 0 bridgehead atoms. The summed E-state index contributed by atoms with van der Waals surface area (Å²) in [7, 11) is 1.51. The molecule has 2 aliphatic heterocycles. The zero-order chi connectivity index (χ0) is 25.6. The number of benzene rings is 2. The van der Waals surface area contributed by atoms with Gasteiger partial charge in [0.05, 0.1) is 6.04 Å². The van der Waals surface area contributed by atoms with Crippen molar-refractivity contribution in [3.05, 3.63) is 65.0 Å². The van der Waals surface area contributed by atoms with Crippen LogP contribution in [0.15, 0.2) is 42.5 Å². The summed E-state index contributed by atoms with van der Waals surface area (Å²) >= 11 is 0. The minimum Gasteiger partial charge on any atom is -0.427 e. The molecule has 10 heteroatoms. The molecule has 3 aliphatic rings. The predicted octanol–water partition coefficient (Wildman–Crippen LogP) is 3.45. The quantitative estimate of drug-likeness (QED) is 0.677. The molecule has 0 unspecified atom stereocenters. The van der Waals surface area contributed by atoms with Crippen molar-refractivity contribution in [3.63, 3.8) is 0 Å². The van der Waals surface area contributed by atoms with Gasteiger partial charge in [-0.15, -0.1) is 0 Å². The predicted molar refractivity (Wildman–Crippen MR) is 127 cm³/mol. The monoisotopic (exact) mass is 494 g/mol. The normalized spacial score (nSPS) is 24.8. The fraction of sp³-hybridized carbons (Fsp3) is 0.385. The standard InChI is InChI=1S/C26H27FN4O5/c1-15-3-10-21(16-4-6-18(27)7-5-16)31(15)22(32)14-30-23(33)26(36-25(30)35)12-11-17-13-19(8-9-20(17)26)29-24(34)28-2/h4-9,13,15,21H,3,10-12,14H2,1-2H3,(H2,28,29,34)/t15-,21+,26-/m1/s1. The molecule has 1 spiro atoms. The number of hydrogen-bond donors (Lipinski definition) is 2. The van der Waals surface area contributed by atoms with Crippen LogP contribution in [0.3, 0.4) is 0 Å². The lowest BCUT2D eigenvalue weighted by molar-refractivity contribution is -0.143. The molecule has 5 amide bonds. The number of urea groups is 1. The minimum absolute atomic E-state index is 0.0892. The van der Waals surface area contributed by atoms with E-state index in [0.717, 1.165) is 22.4 Å². The van der Waals surface area contributed by atoms with Crippen LogP contribution in [-0.2, 0) is 26.3 Å². The Morgan fingerprint density at radius 2 is 1.89 bits per heavy atom. The highest BCUT2D eigenvalue weighted by Gasteiger charge is 2.58. The summed E-state index contributed by atoms with van der Waals surface area (Å²) < 4.78 is 19.1. The Hall–Kier alpha value is -3.95.